The zero-order valence-electron chi connectivity index (χ0n) is 17.7. The molecule has 1 amide bonds. The first kappa shape index (κ1) is 22.9. The lowest BCUT2D eigenvalue weighted by molar-refractivity contribution is -0.122. The van der Waals surface area contributed by atoms with Crippen LogP contribution in [0, 0.1) is 5.82 Å². The van der Waals surface area contributed by atoms with E-state index in [-0.39, 0.29) is 17.1 Å². The fourth-order valence-corrected chi connectivity index (χ4v) is 4.28. The van der Waals surface area contributed by atoms with Gasteiger partial charge in [0.15, 0.2) is 0 Å². The Morgan fingerprint density at radius 3 is 2.14 bits per heavy atom. The number of amides is 1. The molecule has 0 spiro atoms. The number of anilines is 1. The van der Waals surface area contributed by atoms with Crippen molar-refractivity contribution in [2.45, 2.75) is 52.1 Å². The topological polar surface area (TPSA) is 66.5 Å². The molecule has 0 bridgehead atoms. The highest BCUT2D eigenvalue weighted by molar-refractivity contribution is 7.92. The number of hydrogen-bond acceptors (Lipinski definition) is 3. The van der Waals surface area contributed by atoms with Crippen LogP contribution in [0.4, 0.5) is 10.1 Å². The fourth-order valence-electron chi connectivity index (χ4n) is 3.11. The van der Waals surface area contributed by atoms with Gasteiger partial charge in [-0.2, -0.15) is 0 Å². The molecule has 0 heterocycles. The van der Waals surface area contributed by atoms with Gasteiger partial charge in [0, 0.05) is 0 Å². The minimum Gasteiger partial charge on any atom is -0.348 e. The third-order valence-corrected chi connectivity index (χ3v) is 6.03. The number of carbonyl (C=O) groups excluding carboxylic acids is 1. The minimum atomic E-state index is -3.80. The van der Waals surface area contributed by atoms with Gasteiger partial charge in [0.25, 0.3) is 0 Å². The maximum Gasteiger partial charge on any atom is 0.244 e. The molecule has 158 valence electrons. The molecule has 1 N–H and O–H groups in total. The van der Waals surface area contributed by atoms with Crippen LogP contribution in [-0.4, -0.2) is 26.6 Å². The third kappa shape index (κ3) is 5.79. The number of sulfonamides is 1. The van der Waals surface area contributed by atoms with E-state index >= 15 is 0 Å². The molecule has 2 aromatic rings. The van der Waals surface area contributed by atoms with Crippen molar-refractivity contribution in [3.63, 3.8) is 0 Å². The zero-order valence-corrected chi connectivity index (χ0v) is 18.5. The van der Waals surface area contributed by atoms with E-state index in [2.05, 4.69) is 26.1 Å². The van der Waals surface area contributed by atoms with Crippen molar-refractivity contribution in [3.8, 4) is 0 Å². The number of carbonyl (C=O) groups is 1. The first-order chi connectivity index (χ1) is 13.3. The average Bonchev–Trinajstić information content (AvgIpc) is 2.60. The second-order valence-corrected chi connectivity index (χ2v) is 10.2. The van der Waals surface area contributed by atoms with Crippen LogP contribution in [0.3, 0.4) is 0 Å². The van der Waals surface area contributed by atoms with Gasteiger partial charge >= 0.3 is 0 Å². The summed E-state index contributed by atoms with van der Waals surface area (Å²) in [6, 6.07) is 11.8. The Morgan fingerprint density at radius 2 is 1.66 bits per heavy atom. The molecule has 7 heteroatoms. The number of nitrogens with one attached hydrogen (secondary N) is 1. The number of rotatable bonds is 6. The monoisotopic (exact) mass is 420 g/mol. The summed E-state index contributed by atoms with van der Waals surface area (Å²) in [6.45, 7) is 9.70. The Bertz CT molecular complexity index is 966. The number of benzene rings is 2. The van der Waals surface area contributed by atoms with Crippen LogP contribution in [0.15, 0.2) is 48.5 Å². The summed E-state index contributed by atoms with van der Waals surface area (Å²) < 4.78 is 39.1. The second kappa shape index (κ2) is 8.53. The quantitative estimate of drug-likeness (QED) is 0.763. The fraction of sp³-hybridized carbons (Fsp3) is 0.409. The molecule has 29 heavy (non-hydrogen) atoms. The van der Waals surface area contributed by atoms with Crippen molar-refractivity contribution in [3.05, 3.63) is 65.5 Å². The highest BCUT2D eigenvalue weighted by atomic mass is 32.2. The van der Waals surface area contributed by atoms with Crippen molar-refractivity contribution in [2.75, 3.05) is 10.6 Å². The van der Waals surface area contributed by atoms with Crippen LogP contribution in [-0.2, 0) is 20.2 Å². The Morgan fingerprint density at radius 1 is 1.07 bits per heavy atom. The van der Waals surface area contributed by atoms with E-state index in [9.17, 15) is 17.6 Å². The molecular formula is C22H29FN2O3S. The van der Waals surface area contributed by atoms with Crippen LogP contribution in [0.25, 0.3) is 0 Å². The summed E-state index contributed by atoms with van der Waals surface area (Å²) in [4.78, 5) is 12.8. The van der Waals surface area contributed by atoms with Gasteiger partial charge in [-0.3, -0.25) is 9.10 Å². The third-order valence-electron chi connectivity index (χ3n) is 4.79. The lowest BCUT2D eigenvalue weighted by Gasteiger charge is -2.29. The van der Waals surface area contributed by atoms with Crippen molar-refractivity contribution in [2.24, 2.45) is 0 Å². The molecule has 2 aromatic carbocycles. The first-order valence-corrected chi connectivity index (χ1v) is 11.3. The molecule has 0 unspecified atom stereocenters. The molecular weight excluding hydrogens is 391 g/mol. The molecule has 2 atom stereocenters. The lowest BCUT2D eigenvalue weighted by Crippen LogP contribution is -2.48. The van der Waals surface area contributed by atoms with E-state index in [4.69, 9.17) is 0 Å². The average molecular weight is 421 g/mol. The minimum absolute atomic E-state index is 0.0282. The molecule has 0 fully saturated rings. The molecule has 5 nitrogen and oxygen atoms in total. The summed E-state index contributed by atoms with van der Waals surface area (Å²) in [5.41, 5.74) is 2.23. The molecule has 0 saturated heterocycles. The van der Waals surface area contributed by atoms with E-state index in [1.807, 2.05) is 31.2 Å². The smallest absolute Gasteiger partial charge is 0.244 e. The number of halogens is 1. The molecule has 0 saturated carbocycles. The van der Waals surface area contributed by atoms with Crippen molar-refractivity contribution < 1.29 is 17.6 Å². The van der Waals surface area contributed by atoms with Gasteiger partial charge in [-0.1, -0.05) is 51.1 Å². The Kier molecular flexibility index (Phi) is 6.73. The Balaban J connectivity index is 2.21. The summed E-state index contributed by atoms with van der Waals surface area (Å²) in [5.74, 6) is -1.04. The SMILES string of the molecule is C[C@H](NC(=O)[C@H](C)N(c1cccc(F)c1)S(C)(=O)=O)c1ccc(C(C)(C)C)cc1. The standard InChI is InChI=1S/C22H29FN2O3S/c1-15(17-10-12-18(13-11-17)22(3,4)5)24-21(26)16(2)25(29(6,27)28)20-9-7-8-19(23)14-20/h7-16H,1-6H3,(H,24,26)/t15-,16-/m0/s1. The molecule has 0 aliphatic rings. The predicted molar refractivity (Wildman–Crippen MR) is 115 cm³/mol. The Labute approximate surface area is 173 Å². The van der Waals surface area contributed by atoms with Gasteiger partial charge < -0.3 is 5.32 Å². The highest BCUT2D eigenvalue weighted by Gasteiger charge is 2.30. The van der Waals surface area contributed by atoms with Crippen molar-refractivity contribution in [1.29, 1.82) is 0 Å². The molecule has 0 aromatic heterocycles. The van der Waals surface area contributed by atoms with Gasteiger partial charge in [-0.05, 0) is 48.6 Å². The molecule has 0 aliphatic carbocycles. The molecule has 0 aliphatic heterocycles. The lowest BCUT2D eigenvalue weighted by atomic mass is 9.86. The van der Waals surface area contributed by atoms with E-state index in [0.717, 1.165) is 22.2 Å². The van der Waals surface area contributed by atoms with E-state index in [0.29, 0.717) is 0 Å². The van der Waals surface area contributed by atoms with Gasteiger partial charge in [0.2, 0.25) is 15.9 Å². The maximum atomic E-state index is 13.6. The number of nitrogens with zero attached hydrogens (tertiary/aromatic N) is 1. The van der Waals surface area contributed by atoms with Gasteiger partial charge in [0.1, 0.15) is 11.9 Å². The molecule has 2 rings (SSSR count). The van der Waals surface area contributed by atoms with Crippen LogP contribution in [0.2, 0.25) is 0 Å². The second-order valence-electron chi connectivity index (χ2n) is 8.32. The summed E-state index contributed by atoms with van der Waals surface area (Å²) in [7, 11) is -3.80. The number of hydrogen-bond donors (Lipinski definition) is 1. The largest absolute Gasteiger partial charge is 0.348 e. The Hall–Kier alpha value is -2.41. The van der Waals surface area contributed by atoms with E-state index < -0.39 is 27.8 Å². The van der Waals surface area contributed by atoms with Crippen LogP contribution >= 0.6 is 0 Å². The van der Waals surface area contributed by atoms with Crippen LogP contribution in [0.5, 0.6) is 0 Å². The predicted octanol–water partition coefficient (Wildman–Crippen LogP) is 4.16. The highest BCUT2D eigenvalue weighted by Crippen LogP contribution is 2.25. The first-order valence-electron chi connectivity index (χ1n) is 9.46. The molecule has 0 radical (unpaired) electrons. The van der Waals surface area contributed by atoms with Crippen LogP contribution < -0.4 is 9.62 Å². The maximum absolute atomic E-state index is 13.6. The van der Waals surface area contributed by atoms with Gasteiger partial charge in [-0.25, -0.2) is 12.8 Å². The van der Waals surface area contributed by atoms with Crippen LogP contribution in [0.1, 0.15) is 51.8 Å². The van der Waals surface area contributed by atoms with Crippen molar-refractivity contribution >= 4 is 21.6 Å². The zero-order chi connectivity index (χ0) is 22.0. The summed E-state index contributed by atoms with van der Waals surface area (Å²) in [5, 5.41) is 2.85. The summed E-state index contributed by atoms with van der Waals surface area (Å²) in [6.07, 6.45) is 0.996. The summed E-state index contributed by atoms with van der Waals surface area (Å²) >= 11 is 0. The normalized spacial score (nSPS) is 14.2. The van der Waals surface area contributed by atoms with E-state index in [1.54, 1.807) is 0 Å². The van der Waals surface area contributed by atoms with Crippen molar-refractivity contribution in [1.82, 2.24) is 5.32 Å². The van der Waals surface area contributed by atoms with Gasteiger partial charge in [0.05, 0.1) is 18.0 Å². The van der Waals surface area contributed by atoms with Gasteiger partial charge in [-0.15, -0.1) is 0 Å². The van der Waals surface area contributed by atoms with E-state index in [1.165, 1.54) is 30.7 Å².